The van der Waals surface area contributed by atoms with Crippen molar-refractivity contribution in [3.8, 4) is 0 Å². The number of rotatable bonds is 5. The molecule has 3 N–H and O–H groups in total. The van der Waals surface area contributed by atoms with Gasteiger partial charge in [0, 0.05) is 36.6 Å². The second-order valence-corrected chi connectivity index (χ2v) is 6.04. The number of anilines is 1. The van der Waals surface area contributed by atoms with Crippen molar-refractivity contribution in [3.63, 3.8) is 0 Å². The number of hydrogen-bond acceptors (Lipinski definition) is 4. The van der Waals surface area contributed by atoms with Crippen LogP contribution in [0.25, 0.3) is 11.0 Å². The molecule has 0 unspecified atom stereocenters. The van der Waals surface area contributed by atoms with Crippen LogP contribution in [-0.4, -0.2) is 37.8 Å². The van der Waals surface area contributed by atoms with Gasteiger partial charge in [-0.25, -0.2) is 4.79 Å². The molecule has 8 heteroatoms. The minimum absolute atomic E-state index is 0.138. The molecule has 1 aliphatic rings. The molecule has 0 saturated heterocycles. The average molecular weight is 311 g/mol. The van der Waals surface area contributed by atoms with E-state index in [1.54, 1.807) is 18.3 Å². The Morgan fingerprint density at radius 3 is 2.96 bits per heavy atom. The van der Waals surface area contributed by atoms with Gasteiger partial charge in [0.2, 0.25) is 0 Å². The van der Waals surface area contributed by atoms with Crippen molar-refractivity contribution in [2.45, 2.75) is 19.4 Å². The molecule has 118 valence electrons. The predicted octanol–water partition coefficient (Wildman–Crippen LogP) is 1.76. The lowest BCUT2D eigenvalue weighted by Gasteiger charge is -2.16. The van der Waals surface area contributed by atoms with Gasteiger partial charge in [0.05, 0.1) is 0 Å². The number of H-pyrrole nitrogens is 1. The maximum absolute atomic E-state index is 12.1. The molecule has 2 amide bonds. The average Bonchev–Trinajstić information content (AvgIpc) is 2.94. The van der Waals surface area contributed by atoms with E-state index in [1.165, 1.54) is 0 Å². The summed E-state index contributed by atoms with van der Waals surface area (Å²) in [6.07, 6.45) is 5.94. The first kappa shape index (κ1) is 13.7. The SMILES string of the molecule is O=C(NCC1(Cn2cccn2)CC1)Nc1ccc2n[nH]nc2c1. The van der Waals surface area contributed by atoms with Gasteiger partial charge in [-0.2, -0.15) is 20.5 Å². The smallest absolute Gasteiger partial charge is 0.319 e. The van der Waals surface area contributed by atoms with E-state index in [0.717, 1.165) is 30.4 Å². The highest BCUT2D eigenvalue weighted by atomic mass is 16.2. The van der Waals surface area contributed by atoms with Crippen LogP contribution in [0.4, 0.5) is 10.5 Å². The standard InChI is InChI=1S/C15H17N7O/c23-14(18-11-2-3-12-13(8-11)20-21-19-12)16-9-15(4-5-15)10-22-7-1-6-17-22/h1-3,6-8H,4-5,9-10H2,(H2,16,18,23)(H,19,20,21). The first-order valence-corrected chi connectivity index (χ1v) is 7.55. The van der Waals surface area contributed by atoms with Gasteiger partial charge in [-0.05, 0) is 37.1 Å². The molecular weight excluding hydrogens is 294 g/mol. The van der Waals surface area contributed by atoms with Crippen LogP contribution < -0.4 is 10.6 Å². The summed E-state index contributed by atoms with van der Waals surface area (Å²) in [6.45, 7) is 1.48. The normalized spacial score (nSPS) is 15.5. The Balaban J connectivity index is 1.33. The van der Waals surface area contributed by atoms with E-state index in [9.17, 15) is 4.79 Å². The van der Waals surface area contributed by atoms with Gasteiger partial charge in [0.25, 0.3) is 0 Å². The van der Waals surface area contributed by atoms with E-state index in [2.05, 4.69) is 31.1 Å². The Bertz CT molecular complexity index is 819. The number of nitrogens with one attached hydrogen (secondary N) is 3. The van der Waals surface area contributed by atoms with Crippen molar-refractivity contribution < 1.29 is 4.79 Å². The highest BCUT2D eigenvalue weighted by molar-refractivity contribution is 5.91. The molecule has 0 bridgehead atoms. The third-order valence-corrected chi connectivity index (χ3v) is 4.21. The van der Waals surface area contributed by atoms with Crippen LogP contribution >= 0.6 is 0 Å². The van der Waals surface area contributed by atoms with E-state index in [1.807, 2.05) is 23.0 Å². The maximum atomic E-state index is 12.1. The summed E-state index contributed by atoms with van der Waals surface area (Å²) in [7, 11) is 0. The van der Waals surface area contributed by atoms with Gasteiger partial charge in [0.1, 0.15) is 11.0 Å². The Morgan fingerprint density at radius 1 is 1.30 bits per heavy atom. The van der Waals surface area contributed by atoms with Crippen LogP contribution in [-0.2, 0) is 6.54 Å². The summed E-state index contributed by atoms with van der Waals surface area (Å²) in [5, 5.41) is 20.6. The van der Waals surface area contributed by atoms with E-state index in [-0.39, 0.29) is 11.4 Å². The number of fused-ring (bicyclic) bond motifs is 1. The summed E-state index contributed by atoms with van der Waals surface area (Å²) in [6, 6.07) is 7.11. The highest BCUT2D eigenvalue weighted by Gasteiger charge is 2.43. The second kappa shape index (κ2) is 5.38. The summed E-state index contributed by atoms with van der Waals surface area (Å²) in [4.78, 5) is 12.1. The fourth-order valence-electron chi connectivity index (χ4n) is 2.67. The lowest BCUT2D eigenvalue weighted by atomic mass is 10.1. The van der Waals surface area contributed by atoms with Crippen molar-refractivity contribution in [2.24, 2.45) is 5.41 Å². The van der Waals surface area contributed by atoms with Crippen LogP contribution in [0.1, 0.15) is 12.8 Å². The molecule has 2 aromatic heterocycles. The number of aromatic amines is 1. The molecule has 23 heavy (non-hydrogen) atoms. The number of carbonyl (C=O) groups is 1. The second-order valence-electron chi connectivity index (χ2n) is 6.04. The van der Waals surface area contributed by atoms with Crippen molar-refractivity contribution in [1.82, 2.24) is 30.5 Å². The molecule has 1 saturated carbocycles. The lowest BCUT2D eigenvalue weighted by Crippen LogP contribution is -2.35. The molecule has 1 aromatic carbocycles. The molecule has 0 spiro atoms. The largest absolute Gasteiger partial charge is 0.337 e. The number of nitrogens with zero attached hydrogens (tertiary/aromatic N) is 4. The van der Waals surface area contributed by atoms with Gasteiger partial charge >= 0.3 is 6.03 Å². The summed E-state index contributed by atoms with van der Waals surface area (Å²) < 4.78 is 1.92. The van der Waals surface area contributed by atoms with E-state index in [0.29, 0.717) is 12.2 Å². The molecule has 3 aromatic rings. The zero-order chi connectivity index (χ0) is 15.7. The van der Waals surface area contributed by atoms with Gasteiger partial charge in [-0.15, -0.1) is 0 Å². The zero-order valence-corrected chi connectivity index (χ0v) is 12.5. The molecule has 1 aliphatic carbocycles. The fourth-order valence-corrected chi connectivity index (χ4v) is 2.67. The molecule has 0 atom stereocenters. The Kier molecular flexibility index (Phi) is 3.22. The van der Waals surface area contributed by atoms with Crippen LogP contribution in [0.15, 0.2) is 36.7 Å². The monoisotopic (exact) mass is 311 g/mol. The molecule has 2 heterocycles. The maximum Gasteiger partial charge on any atom is 0.319 e. The third kappa shape index (κ3) is 3.01. The van der Waals surface area contributed by atoms with Crippen molar-refractivity contribution in [3.05, 3.63) is 36.7 Å². The highest BCUT2D eigenvalue weighted by Crippen LogP contribution is 2.46. The summed E-state index contributed by atoms with van der Waals surface area (Å²) >= 11 is 0. The van der Waals surface area contributed by atoms with Gasteiger partial charge in [-0.1, -0.05) is 0 Å². The van der Waals surface area contributed by atoms with Gasteiger partial charge in [0.15, 0.2) is 0 Å². The molecule has 4 rings (SSSR count). The van der Waals surface area contributed by atoms with Crippen LogP contribution in [0.2, 0.25) is 0 Å². The molecule has 0 radical (unpaired) electrons. The predicted molar refractivity (Wildman–Crippen MR) is 84.8 cm³/mol. The van der Waals surface area contributed by atoms with Crippen molar-refractivity contribution >= 4 is 22.8 Å². The van der Waals surface area contributed by atoms with Crippen LogP contribution in [0.5, 0.6) is 0 Å². The van der Waals surface area contributed by atoms with Gasteiger partial charge < -0.3 is 10.6 Å². The Hall–Kier alpha value is -2.90. The van der Waals surface area contributed by atoms with E-state index >= 15 is 0 Å². The number of amides is 2. The molecule has 8 nitrogen and oxygen atoms in total. The first-order valence-electron chi connectivity index (χ1n) is 7.55. The number of aromatic nitrogens is 5. The summed E-state index contributed by atoms with van der Waals surface area (Å²) in [5.41, 5.74) is 2.33. The minimum atomic E-state index is -0.209. The molecule has 1 fully saturated rings. The Morgan fingerprint density at radius 2 is 2.17 bits per heavy atom. The topological polar surface area (TPSA) is 101 Å². The zero-order valence-electron chi connectivity index (χ0n) is 12.5. The van der Waals surface area contributed by atoms with Crippen LogP contribution in [0.3, 0.4) is 0 Å². The number of urea groups is 1. The quantitative estimate of drug-likeness (QED) is 0.668. The van der Waals surface area contributed by atoms with E-state index in [4.69, 9.17) is 0 Å². The minimum Gasteiger partial charge on any atom is -0.337 e. The van der Waals surface area contributed by atoms with Crippen LogP contribution in [0, 0.1) is 5.41 Å². The fraction of sp³-hybridized carbons (Fsp3) is 0.333. The molecular formula is C15H17N7O. The van der Waals surface area contributed by atoms with Gasteiger partial charge in [-0.3, -0.25) is 4.68 Å². The number of benzene rings is 1. The number of hydrogen-bond donors (Lipinski definition) is 3. The molecule has 0 aliphatic heterocycles. The first-order chi connectivity index (χ1) is 11.2. The van der Waals surface area contributed by atoms with Crippen molar-refractivity contribution in [2.75, 3.05) is 11.9 Å². The lowest BCUT2D eigenvalue weighted by molar-refractivity contribution is 0.248. The number of carbonyl (C=O) groups excluding carboxylic acids is 1. The third-order valence-electron chi connectivity index (χ3n) is 4.21. The Labute approximate surface area is 132 Å². The van der Waals surface area contributed by atoms with Crippen molar-refractivity contribution in [1.29, 1.82) is 0 Å². The van der Waals surface area contributed by atoms with E-state index < -0.39 is 0 Å². The summed E-state index contributed by atoms with van der Waals surface area (Å²) in [5.74, 6) is 0.